The van der Waals surface area contributed by atoms with Crippen molar-refractivity contribution in [1.82, 2.24) is 19.8 Å². The van der Waals surface area contributed by atoms with Crippen molar-refractivity contribution in [2.45, 2.75) is 23.3 Å². The first-order valence-electron chi connectivity index (χ1n) is 11.9. The van der Waals surface area contributed by atoms with Crippen LogP contribution in [-0.4, -0.2) is 79.1 Å². The average Bonchev–Trinajstić information content (AvgIpc) is 3.33. The van der Waals surface area contributed by atoms with Gasteiger partial charge in [-0.25, -0.2) is 13.4 Å². The van der Waals surface area contributed by atoms with E-state index in [2.05, 4.69) is 42.8 Å². The summed E-state index contributed by atoms with van der Waals surface area (Å²) in [6, 6.07) is 6.75. The fraction of sp³-hybridized carbons (Fsp3) is 0.375. The molecule has 14 heteroatoms. The number of nitrogens with one attached hydrogen (secondary N) is 3. The van der Waals surface area contributed by atoms with E-state index in [-0.39, 0.29) is 26.9 Å². The first-order valence-corrected chi connectivity index (χ1v) is 15.1. The van der Waals surface area contributed by atoms with Crippen LogP contribution in [0.2, 0.25) is 10.0 Å². The summed E-state index contributed by atoms with van der Waals surface area (Å²) in [6.07, 6.45) is 1.40. The minimum atomic E-state index is -3.49. The molecule has 0 bridgehead atoms. The lowest BCUT2D eigenvalue weighted by atomic mass is 10.2. The Morgan fingerprint density at radius 2 is 1.82 bits per heavy atom. The third-order valence-electron chi connectivity index (χ3n) is 5.97. The fourth-order valence-corrected chi connectivity index (χ4v) is 6.71. The molecule has 0 radical (unpaired) electrons. The minimum absolute atomic E-state index is 0.111. The van der Waals surface area contributed by atoms with Crippen LogP contribution in [0, 0.1) is 0 Å². The molecule has 2 aromatic heterocycles. The Kier molecular flexibility index (Phi) is 9.11. The van der Waals surface area contributed by atoms with Crippen LogP contribution in [-0.2, 0) is 14.6 Å². The molecular weight excluding hydrogens is 569 g/mol. The summed E-state index contributed by atoms with van der Waals surface area (Å²) in [6.45, 7) is 7.13. The molecule has 0 spiro atoms. The first-order chi connectivity index (χ1) is 18.0. The lowest BCUT2D eigenvalue weighted by Crippen LogP contribution is -2.47. The molecule has 204 valence electrons. The highest BCUT2D eigenvalue weighted by molar-refractivity contribution is 7.94. The van der Waals surface area contributed by atoms with Gasteiger partial charge in [-0.1, -0.05) is 23.2 Å². The summed E-state index contributed by atoms with van der Waals surface area (Å²) in [5.74, 6) is 0.304. The number of carbonyl (C=O) groups excluding carboxylic acids is 1. The van der Waals surface area contributed by atoms with Gasteiger partial charge in [-0.05, 0) is 50.5 Å². The number of hydrogen-bond acceptors (Lipinski definition) is 10. The molecule has 1 aromatic carbocycles. The van der Waals surface area contributed by atoms with Crippen LogP contribution in [0.4, 0.5) is 28.8 Å². The number of aromatic nitrogens is 2. The molecule has 1 aliphatic rings. The number of thiophene rings is 1. The maximum atomic E-state index is 12.7. The van der Waals surface area contributed by atoms with Gasteiger partial charge < -0.3 is 20.9 Å². The molecule has 1 amide bonds. The number of nitrogens with zero attached hydrogens (tertiary/aromatic N) is 4. The van der Waals surface area contributed by atoms with Gasteiger partial charge in [0.05, 0.1) is 34.4 Å². The lowest BCUT2D eigenvalue weighted by Gasteiger charge is -2.31. The van der Waals surface area contributed by atoms with E-state index in [4.69, 9.17) is 23.2 Å². The summed E-state index contributed by atoms with van der Waals surface area (Å²) in [4.78, 5) is 25.6. The van der Waals surface area contributed by atoms with Gasteiger partial charge in [-0.3, -0.25) is 9.69 Å². The monoisotopic (exact) mass is 597 g/mol. The summed E-state index contributed by atoms with van der Waals surface area (Å²) in [5, 5.41) is 10.7. The number of rotatable bonds is 9. The second-order valence-electron chi connectivity index (χ2n) is 9.18. The number of piperazine rings is 1. The van der Waals surface area contributed by atoms with Gasteiger partial charge in [0.2, 0.25) is 11.9 Å². The molecule has 4 rings (SSSR count). The Morgan fingerprint density at radius 3 is 2.53 bits per heavy atom. The molecule has 38 heavy (non-hydrogen) atoms. The highest BCUT2D eigenvalue weighted by Gasteiger charge is 2.25. The Balaban J connectivity index is 1.47. The van der Waals surface area contributed by atoms with Gasteiger partial charge in [-0.15, -0.1) is 11.3 Å². The van der Waals surface area contributed by atoms with E-state index in [0.29, 0.717) is 28.6 Å². The molecule has 0 unspecified atom stereocenters. The van der Waals surface area contributed by atoms with Crippen molar-refractivity contribution >= 4 is 79.1 Å². The van der Waals surface area contributed by atoms with E-state index in [1.165, 1.54) is 6.20 Å². The summed E-state index contributed by atoms with van der Waals surface area (Å²) in [7, 11) is -1.42. The van der Waals surface area contributed by atoms with Crippen molar-refractivity contribution in [2.75, 3.05) is 55.7 Å². The number of anilines is 5. The number of hydrogen-bond donors (Lipinski definition) is 3. The molecule has 0 aliphatic carbocycles. The molecule has 1 fully saturated rings. The van der Waals surface area contributed by atoms with Crippen molar-refractivity contribution in [1.29, 1.82) is 0 Å². The standard InChI is InChI=1S/C24H29Cl2N7O3S2/c1-15(2)38(35,36)23-19(6-11-37-23)29-22-18(26)13-27-24(31-22)30-20-12-16(4-5-17(20)25)28-21(34)14-33-9-7-32(3)8-10-33/h4-6,11-13,15H,7-10,14H2,1-3H3,(H,28,34)(H2,27,29,30,31). The molecular formula is C24H29Cl2N7O3S2. The topological polar surface area (TPSA) is 120 Å². The molecule has 10 nitrogen and oxygen atoms in total. The van der Waals surface area contributed by atoms with E-state index >= 15 is 0 Å². The smallest absolute Gasteiger partial charge is 0.238 e. The number of benzene rings is 1. The Bertz CT molecular complexity index is 1410. The molecule has 3 N–H and O–H groups in total. The second kappa shape index (κ2) is 12.1. The molecule has 3 aromatic rings. The number of amides is 1. The average molecular weight is 599 g/mol. The van der Waals surface area contributed by atoms with Crippen LogP contribution < -0.4 is 16.0 Å². The summed E-state index contributed by atoms with van der Waals surface area (Å²) < 4.78 is 25.6. The van der Waals surface area contributed by atoms with Gasteiger partial charge in [0.25, 0.3) is 0 Å². The number of halogens is 2. The van der Waals surface area contributed by atoms with Gasteiger partial charge in [0.15, 0.2) is 15.7 Å². The Hall–Kier alpha value is -2.48. The number of carbonyl (C=O) groups is 1. The zero-order chi connectivity index (χ0) is 27.4. The van der Waals surface area contributed by atoms with Crippen LogP contribution in [0.1, 0.15) is 13.8 Å². The van der Waals surface area contributed by atoms with Crippen molar-refractivity contribution in [3.63, 3.8) is 0 Å². The van der Waals surface area contributed by atoms with E-state index in [1.54, 1.807) is 43.5 Å². The summed E-state index contributed by atoms with van der Waals surface area (Å²) in [5.41, 5.74) is 1.44. The van der Waals surface area contributed by atoms with Crippen LogP contribution >= 0.6 is 34.5 Å². The van der Waals surface area contributed by atoms with Gasteiger partial charge in [0, 0.05) is 31.9 Å². The van der Waals surface area contributed by atoms with Crippen molar-refractivity contribution in [3.05, 3.63) is 45.9 Å². The van der Waals surface area contributed by atoms with Gasteiger partial charge in [0.1, 0.15) is 9.23 Å². The van der Waals surface area contributed by atoms with E-state index < -0.39 is 15.1 Å². The van der Waals surface area contributed by atoms with Crippen molar-refractivity contribution in [2.24, 2.45) is 0 Å². The quantitative estimate of drug-likeness (QED) is 0.322. The number of likely N-dealkylation sites (N-methyl/N-ethyl adjacent to an activating group) is 1. The molecule has 1 saturated heterocycles. The Morgan fingerprint density at radius 1 is 1.08 bits per heavy atom. The highest BCUT2D eigenvalue weighted by atomic mass is 35.5. The first kappa shape index (κ1) is 28.5. The number of sulfone groups is 1. The van der Waals surface area contributed by atoms with Crippen LogP contribution in [0.3, 0.4) is 0 Å². The fourth-order valence-electron chi connectivity index (χ4n) is 3.69. The van der Waals surface area contributed by atoms with Gasteiger partial charge in [-0.2, -0.15) is 4.98 Å². The van der Waals surface area contributed by atoms with Crippen LogP contribution in [0.5, 0.6) is 0 Å². The maximum Gasteiger partial charge on any atom is 0.238 e. The minimum Gasteiger partial charge on any atom is -0.337 e. The zero-order valence-electron chi connectivity index (χ0n) is 21.2. The Labute approximate surface area is 236 Å². The predicted molar refractivity (Wildman–Crippen MR) is 154 cm³/mol. The van der Waals surface area contributed by atoms with E-state index in [1.807, 2.05) is 0 Å². The maximum absolute atomic E-state index is 12.7. The molecule has 0 saturated carbocycles. The molecule has 1 aliphatic heterocycles. The highest BCUT2D eigenvalue weighted by Crippen LogP contribution is 2.35. The van der Waals surface area contributed by atoms with Crippen molar-refractivity contribution in [3.8, 4) is 0 Å². The van der Waals surface area contributed by atoms with Gasteiger partial charge >= 0.3 is 0 Å². The predicted octanol–water partition coefficient (Wildman–Crippen LogP) is 4.70. The van der Waals surface area contributed by atoms with Crippen LogP contribution in [0.15, 0.2) is 40.1 Å². The zero-order valence-corrected chi connectivity index (χ0v) is 24.3. The largest absolute Gasteiger partial charge is 0.337 e. The van der Waals surface area contributed by atoms with Crippen LogP contribution in [0.25, 0.3) is 0 Å². The molecule has 0 atom stereocenters. The normalized spacial score (nSPS) is 15.0. The lowest BCUT2D eigenvalue weighted by molar-refractivity contribution is -0.117. The second-order valence-corrected chi connectivity index (χ2v) is 13.6. The summed E-state index contributed by atoms with van der Waals surface area (Å²) >= 11 is 13.8. The van der Waals surface area contributed by atoms with Crippen molar-refractivity contribution < 1.29 is 13.2 Å². The molecule has 3 heterocycles. The third kappa shape index (κ3) is 6.93. The van der Waals surface area contributed by atoms with E-state index in [0.717, 1.165) is 37.5 Å². The third-order valence-corrected chi connectivity index (χ3v) is 10.2. The van der Waals surface area contributed by atoms with E-state index in [9.17, 15) is 13.2 Å². The SMILES string of the molecule is CC(C)S(=O)(=O)c1sccc1Nc1nc(Nc2cc(NC(=O)CN3CCN(C)CC3)ccc2Cl)ncc1Cl.